The van der Waals surface area contributed by atoms with E-state index in [0.29, 0.717) is 0 Å². The van der Waals surface area contributed by atoms with Crippen molar-refractivity contribution in [1.82, 2.24) is 0 Å². The van der Waals surface area contributed by atoms with Crippen LogP contribution < -0.4 is 0 Å². The molecule has 0 unspecified atom stereocenters. The van der Waals surface area contributed by atoms with E-state index in [9.17, 15) is 0 Å². The molecule has 0 aromatic carbocycles. The van der Waals surface area contributed by atoms with Crippen LogP contribution in [-0.2, 0) is 13.3 Å². The van der Waals surface area contributed by atoms with Gasteiger partial charge in [0.15, 0.2) is 0 Å². The summed E-state index contributed by atoms with van der Waals surface area (Å²) in [5.41, 5.74) is 0. The van der Waals surface area contributed by atoms with E-state index in [1.54, 1.807) is 21.3 Å². The van der Waals surface area contributed by atoms with Gasteiger partial charge >= 0.3 is 9.53 Å². The topological polar surface area (TPSA) is 27.7 Å². The molecule has 0 bridgehead atoms. The minimum absolute atomic E-state index is 1.05. The van der Waals surface area contributed by atoms with Crippen LogP contribution in [0.1, 0.15) is 32.6 Å². The summed E-state index contributed by atoms with van der Waals surface area (Å²) in [6.07, 6.45) is 5.95. The van der Waals surface area contributed by atoms with Crippen molar-refractivity contribution in [3.8, 4) is 0 Å². The molecule has 80 valence electrons. The molecule has 0 aliphatic heterocycles. The summed E-state index contributed by atoms with van der Waals surface area (Å²) in [4.78, 5) is 0. The molecule has 0 saturated heterocycles. The summed E-state index contributed by atoms with van der Waals surface area (Å²) >= 11 is 0. The van der Waals surface area contributed by atoms with E-state index in [1.165, 1.54) is 25.7 Å². The number of hydrogen-bond acceptors (Lipinski definition) is 3. The molecule has 0 aromatic rings. The lowest BCUT2D eigenvalue weighted by Crippen LogP contribution is -2.21. The smallest absolute Gasteiger partial charge is 0.379 e. The molecule has 1 aliphatic carbocycles. The van der Waals surface area contributed by atoms with E-state index in [1.807, 2.05) is 0 Å². The second-order valence-electron chi connectivity index (χ2n) is 3.39. The highest BCUT2D eigenvalue weighted by Gasteiger charge is 2.07. The molecule has 1 aliphatic rings. The Bertz CT molecular complexity index is 95.5. The average Bonchev–Trinajstić information content (AvgIpc) is 2.60. The van der Waals surface area contributed by atoms with Gasteiger partial charge in [0.25, 0.3) is 0 Å². The van der Waals surface area contributed by atoms with Crippen LogP contribution >= 0.6 is 0 Å². The summed E-state index contributed by atoms with van der Waals surface area (Å²) in [6.45, 7) is 2.34. The van der Waals surface area contributed by atoms with Gasteiger partial charge in [0.2, 0.25) is 0 Å². The van der Waals surface area contributed by atoms with Crippen LogP contribution in [0.5, 0.6) is 0 Å². The third-order valence-corrected chi connectivity index (χ3v) is 3.38. The monoisotopic (exact) mass is 206 g/mol. The van der Waals surface area contributed by atoms with E-state index in [0.717, 1.165) is 5.92 Å². The Kier molecular flexibility index (Phi) is 8.75. The molecule has 0 aromatic heterocycles. The van der Waals surface area contributed by atoms with Crippen molar-refractivity contribution < 1.29 is 13.3 Å². The largest absolute Gasteiger partial charge is 0.483 e. The van der Waals surface area contributed by atoms with Gasteiger partial charge in [0.1, 0.15) is 0 Å². The molecule has 1 fully saturated rings. The molecule has 0 heterocycles. The first-order valence-corrected chi connectivity index (χ1v) is 6.24. The average molecular weight is 206 g/mol. The molecule has 0 spiro atoms. The molecule has 1 saturated carbocycles. The van der Waals surface area contributed by atoms with Crippen LogP contribution in [0.25, 0.3) is 0 Å². The molecule has 0 amide bonds. The van der Waals surface area contributed by atoms with Crippen molar-refractivity contribution in [2.75, 3.05) is 21.3 Å². The molecular formula is C9H22O3Si. The predicted octanol–water partition coefficient (Wildman–Crippen LogP) is 1.84. The molecular weight excluding hydrogens is 184 g/mol. The van der Waals surface area contributed by atoms with Crippen LogP contribution in [-0.4, -0.2) is 30.9 Å². The zero-order chi connectivity index (χ0) is 10.1. The molecule has 13 heavy (non-hydrogen) atoms. The van der Waals surface area contributed by atoms with Gasteiger partial charge in [-0.25, -0.2) is 0 Å². The third-order valence-electron chi connectivity index (χ3n) is 2.22. The molecule has 4 heteroatoms. The number of rotatable bonds is 3. The van der Waals surface area contributed by atoms with Gasteiger partial charge in [-0.3, -0.25) is 0 Å². The molecule has 0 atom stereocenters. The van der Waals surface area contributed by atoms with Gasteiger partial charge in [-0.15, -0.1) is 0 Å². The highest BCUT2D eigenvalue weighted by Crippen LogP contribution is 2.22. The fourth-order valence-electron chi connectivity index (χ4n) is 1.42. The van der Waals surface area contributed by atoms with Crippen molar-refractivity contribution in [3.05, 3.63) is 0 Å². The normalized spacial score (nSPS) is 17.3. The molecule has 0 N–H and O–H groups in total. The van der Waals surface area contributed by atoms with E-state index in [4.69, 9.17) is 13.3 Å². The van der Waals surface area contributed by atoms with Crippen molar-refractivity contribution >= 4 is 9.53 Å². The van der Waals surface area contributed by atoms with Crippen LogP contribution in [0.15, 0.2) is 0 Å². The molecule has 1 rings (SSSR count). The van der Waals surface area contributed by atoms with Gasteiger partial charge in [0, 0.05) is 21.3 Å². The Morgan fingerprint density at radius 2 is 1.31 bits per heavy atom. The molecule has 3 nitrogen and oxygen atoms in total. The first-order chi connectivity index (χ1) is 6.24. The highest BCUT2D eigenvalue weighted by molar-refractivity contribution is 6.36. The number of hydrogen-bond donors (Lipinski definition) is 0. The maximum Gasteiger partial charge on any atom is 0.483 e. The van der Waals surface area contributed by atoms with Crippen LogP contribution in [0.4, 0.5) is 0 Å². The van der Waals surface area contributed by atoms with Crippen molar-refractivity contribution in [2.45, 2.75) is 32.6 Å². The van der Waals surface area contributed by atoms with Crippen molar-refractivity contribution in [2.24, 2.45) is 5.92 Å². The minimum Gasteiger partial charge on any atom is -0.379 e. The fourth-order valence-corrected chi connectivity index (χ4v) is 2.00. The van der Waals surface area contributed by atoms with Gasteiger partial charge in [-0.2, -0.15) is 0 Å². The Morgan fingerprint density at radius 3 is 1.38 bits per heavy atom. The van der Waals surface area contributed by atoms with E-state index in [2.05, 4.69) is 6.92 Å². The first kappa shape index (κ1) is 13.1. The Morgan fingerprint density at radius 1 is 0.923 bits per heavy atom. The van der Waals surface area contributed by atoms with E-state index < -0.39 is 9.53 Å². The van der Waals surface area contributed by atoms with E-state index in [-0.39, 0.29) is 0 Å². The summed E-state index contributed by atoms with van der Waals surface area (Å²) in [5.74, 6) is 1.05. The van der Waals surface area contributed by atoms with Crippen molar-refractivity contribution in [1.29, 1.82) is 0 Å². The van der Waals surface area contributed by atoms with Gasteiger partial charge in [-0.1, -0.05) is 32.6 Å². The standard InChI is InChI=1S/C6H12.C3H10O3Si/c1-6-4-2-3-5-6;1-4-7(5-2)6-3/h6H,2-5H2,1H3;7H,1-3H3. The lowest BCUT2D eigenvalue weighted by atomic mass is 10.2. The first-order valence-electron chi connectivity index (χ1n) is 4.83. The summed E-state index contributed by atoms with van der Waals surface area (Å²) in [7, 11) is 3.05. The van der Waals surface area contributed by atoms with Gasteiger partial charge in [0.05, 0.1) is 0 Å². The zero-order valence-electron chi connectivity index (χ0n) is 9.21. The summed E-state index contributed by atoms with van der Waals surface area (Å²) < 4.78 is 14.2. The van der Waals surface area contributed by atoms with Crippen LogP contribution in [0.3, 0.4) is 0 Å². The van der Waals surface area contributed by atoms with Gasteiger partial charge < -0.3 is 13.3 Å². The summed E-state index contributed by atoms with van der Waals surface area (Å²) in [6, 6.07) is 0. The summed E-state index contributed by atoms with van der Waals surface area (Å²) in [5, 5.41) is 0. The minimum atomic E-state index is -1.67. The van der Waals surface area contributed by atoms with Crippen molar-refractivity contribution in [3.63, 3.8) is 0 Å². The van der Waals surface area contributed by atoms with E-state index >= 15 is 0 Å². The predicted molar refractivity (Wildman–Crippen MR) is 55.8 cm³/mol. The van der Waals surface area contributed by atoms with Gasteiger partial charge in [-0.05, 0) is 5.92 Å². The third kappa shape index (κ3) is 7.19. The molecule has 0 radical (unpaired) electrons. The SMILES string of the molecule is CC1CCCC1.CO[SiH](OC)OC. The maximum atomic E-state index is 4.74. The second-order valence-corrected chi connectivity index (χ2v) is 5.38. The lowest BCUT2D eigenvalue weighted by Gasteiger charge is -2.05. The Balaban J connectivity index is 0.000000223. The lowest BCUT2D eigenvalue weighted by molar-refractivity contribution is 0.163. The quantitative estimate of drug-likeness (QED) is 0.660. The zero-order valence-corrected chi connectivity index (χ0v) is 10.4. The highest BCUT2D eigenvalue weighted by atomic mass is 28.3. The Labute approximate surface area is 83.3 Å². The Hall–Kier alpha value is 0.0969. The fraction of sp³-hybridized carbons (Fsp3) is 1.00. The van der Waals surface area contributed by atoms with Crippen LogP contribution in [0, 0.1) is 5.92 Å². The van der Waals surface area contributed by atoms with Crippen LogP contribution in [0.2, 0.25) is 0 Å². The maximum absolute atomic E-state index is 4.74. The second kappa shape index (κ2) is 8.68.